The standard InChI is InChI=1S/C19H31N3O3/c1-19(2,3)25-18(23)22-13-12-21(11-5-6-14-24-4)17(15-22)16-7-9-20-10-8-16/h7-10,17H,5-6,11-15H2,1-4H3/t17-/m1/s1. The number of nitrogens with zero attached hydrogens (tertiary/aromatic N) is 3. The second kappa shape index (κ2) is 9.15. The smallest absolute Gasteiger partial charge is 0.410 e. The van der Waals surface area contributed by atoms with E-state index in [0.717, 1.165) is 32.5 Å². The lowest BCUT2D eigenvalue weighted by Crippen LogP contribution is -2.51. The van der Waals surface area contributed by atoms with Crippen LogP contribution in [0.3, 0.4) is 0 Å². The molecule has 25 heavy (non-hydrogen) atoms. The maximum absolute atomic E-state index is 12.5. The van der Waals surface area contributed by atoms with Crippen molar-refractivity contribution < 1.29 is 14.3 Å². The molecule has 1 saturated heterocycles. The molecule has 1 fully saturated rings. The molecule has 0 spiro atoms. The molecule has 1 aliphatic rings. The van der Waals surface area contributed by atoms with Crippen LogP contribution in [0.1, 0.15) is 45.2 Å². The third-order valence-electron chi connectivity index (χ3n) is 4.28. The van der Waals surface area contributed by atoms with Gasteiger partial charge in [0.15, 0.2) is 0 Å². The lowest BCUT2D eigenvalue weighted by molar-refractivity contribution is 0.00299. The first kappa shape index (κ1) is 19.7. The third kappa shape index (κ3) is 6.29. The normalized spacial score (nSPS) is 19.0. The Balaban J connectivity index is 2.04. The van der Waals surface area contributed by atoms with Crippen molar-refractivity contribution in [2.24, 2.45) is 0 Å². The summed E-state index contributed by atoms with van der Waals surface area (Å²) in [6.07, 6.45) is 5.52. The highest BCUT2D eigenvalue weighted by molar-refractivity contribution is 5.68. The predicted molar refractivity (Wildman–Crippen MR) is 97.5 cm³/mol. The monoisotopic (exact) mass is 349 g/mol. The van der Waals surface area contributed by atoms with Crippen molar-refractivity contribution in [2.75, 3.05) is 39.9 Å². The number of carbonyl (C=O) groups is 1. The highest BCUT2D eigenvalue weighted by atomic mass is 16.6. The zero-order valence-corrected chi connectivity index (χ0v) is 15.9. The first-order valence-corrected chi connectivity index (χ1v) is 9.01. The van der Waals surface area contributed by atoms with E-state index in [2.05, 4.69) is 9.88 Å². The number of unbranched alkanes of at least 4 members (excludes halogenated alkanes) is 1. The molecule has 6 nitrogen and oxygen atoms in total. The lowest BCUT2D eigenvalue weighted by atomic mass is 10.0. The molecule has 2 heterocycles. The maximum atomic E-state index is 12.5. The number of amides is 1. The van der Waals surface area contributed by atoms with Gasteiger partial charge in [-0.3, -0.25) is 9.88 Å². The summed E-state index contributed by atoms with van der Waals surface area (Å²) in [5.74, 6) is 0. The largest absolute Gasteiger partial charge is 0.444 e. The average Bonchev–Trinajstić information content (AvgIpc) is 2.58. The molecule has 0 saturated carbocycles. The molecule has 1 amide bonds. The Morgan fingerprint density at radius 3 is 2.60 bits per heavy atom. The molecule has 0 aliphatic carbocycles. The molecule has 6 heteroatoms. The van der Waals surface area contributed by atoms with Crippen molar-refractivity contribution in [1.82, 2.24) is 14.8 Å². The van der Waals surface area contributed by atoms with E-state index in [1.165, 1.54) is 5.56 Å². The Morgan fingerprint density at radius 1 is 1.24 bits per heavy atom. The van der Waals surface area contributed by atoms with Crippen LogP contribution in [0.15, 0.2) is 24.5 Å². The summed E-state index contributed by atoms with van der Waals surface area (Å²) in [5, 5.41) is 0. The van der Waals surface area contributed by atoms with Gasteiger partial charge in [-0.15, -0.1) is 0 Å². The quantitative estimate of drug-likeness (QED) is 0.739. The number of aromatic nitrogens is 1. The van der Waals surface area contributed by atoms with Crippen molar-refractivity contribution in [3.05, 3.63) is 30.1 Å². The second-order valence-electron chi connectivity index (χ2n) is 7.46. The molecule has 2 rings (SSSR count). The molecule has 140 valence electrons. The number of hydrogen-bond donors (Lipinski definition) is 0. The minimum Gasteiger partial charge on any atom is -0.444 e. The molecular formula is C19H31N3O3. The van der Waals surface area contributed by atoms with Crippen LogP contribution in [0, 0.1) is 0 Å². The summed E-state index contributed by atoms with van der Waals surface area (Å²) in [5.41, 5.74) is 0.718. The van der Waals surface area contributed by atoms with Crippen LogP contribution in [0.25, 0.3) is 0 Å². The Kier molecular flexibility index (Phi) is 7.20. The van der Waals surface area contributed by atoms with Crippen molar-refractivity contribution in [1.29, 1.82) is 0 Å². The van der Waals surface area contributed by atoms with Crippen molar-refractivity contribution in [2.45, 2.75) is 45.3 Å². The first-order chi connectivity index (χ1) is 11.9. The van der Waals surface area contributed by atoms with Crippen molar-refractivity contribution in [3.63, 3.8) is 0 Å². The maximum Gasteiger partial charge on any atom is 0.410 e. The van der Waals surface area contributed by atoms with E-state index < -0.39 is 5.60 Å². The van der Waals surface area contributed by atoms with Crippen LogP contribution in [0.5, 0.6) is 0 Å². The predicted octanol–water partition coefficient (Wildman–Crippen LogP) is 3.10. The number of hydrogen-bond acceptors (Lipinski definition) is 5. The van der Waals surface area contributed by atoms with Crippen molar-refractivity contribution in [3.8, 4) is 0 Å². The van der Waals surface area contributed by atoms with Crippen LogP contribution in [0.2, 0.25) is 0 Å². The minimum atomic E-state index is -0.472. The summed E-state index contributed by atoms with van der Waals surface area (Å²) in [6.45, 7) is 9.67. The number of ether oxygens (including phenoxy) is 2. The van der Waals surface area contributed by atoms with Gasteiger partial charge in [0.2, 0.25) is 0 Å². The highest BCUT2D eigenvalue weighted by Gasteiger charge is 2.32. The molecule has 1 aromatic heterocycles. The van der Waals surface area contributed by atoms with Gasteiger partial charge in [0.05, 0.1) is 6.04 Å². The van der Waals surface area contributed by atoms with Gasteiger partial charge in [-0.2, -0.15) is 0 Å². The summed E-state index contributed by atoms with van der Waals surface area (Å²) in [4.78, 5) is 20.8. The SMILES string of the molecule is COCCCCN1CCN(C(=O)OC(C)(C)C)C[C@@H]1c1ccncc1. The fraction of sp³-hybridized carbons (Fsp3) is 0.684. The number of piperazine rings is 1. The van der Waals surface area contributed by atoms with E-state index in [4.69, 9.17) is 9.47 Å². The van der Waals surface area contributed by atoms with Crippen LogP contribution < -0.4 is 0 Å². The molecule has 0 N–H and O–H groups in total. The first-order valence-electron chi connectivity index (χ1n) is 9.01. The molecule has 0 aromatic carbocycles. The van der Waals surface area contributed by atoms with Gasteiger partial charge in [0.25, 0.3) is 0 Å². The van der Waals surface area contributed by atoms with Crippen molar-refractivity contribution >= 4 is 6.09 Å². The fourth-order valence-corrected chi connectivity index (χ4v) is 3.04. The van der Waals surface area contributed by atoms with E-state index in [1.54, 1.807) is 7.11 Å². The second-order valence-corrected chi connectivity index (χ2v) is 7.46. The zero-order chi connectivity index (χ0) is 18.3. The molecule has 1 aliphatic heterocycles. The molecular weight excluding hydrogens is 318 g/mol. The van der Waals surface area contributed by atoms with E-state index in [0.29, 0.717) is 13.1 Å². The summed E-state index contributed by atoms with van der Waals surface area (Å²) in [6, 6.07) is 4.24. The molecule has 1 atom stereocenters. The van der Waals surface area contributed by atoms with E-state index >= 15 is 0 Å². The summed E-state index contributed by atoms with van der Waals surface area (Å²) >= 11 is 0. The van der Waals surface area contributed by atoms with Gasteiger partial charge in [0.1, 0.15) is 5.60 Å². The Bertz CT molecular complexity index is 530. The van der Waals surface area contributed by atoms with Gasteiger partial charge < -0.3 is 14.4 Å². The molecule has 0 radical (unpaired) electrons. The van der Waals surface area contributed by atoms with E-state index in [1.807, 2.05) is 50.2 Å². The van der Waals surface area contributed by atoms with E-state index in [-0.39, 0.29) is 12.1 Å². The van der Waals surface area contributed by atoms with Gasteiger partial charge in [-0.1, -0.05) is 0 Å². The van der Waals surface area contributed by atoms with Gasteiger partial charge >= 0.3 is 6.09 Å². The molecule has 0 unspecified atom stereocenters. The average molecular weight is 349 g/mol. The van der Waals surface area contributed by atoms with Crippen LogP contribution >= 0.6 is 0 Å². The number of carbonyl (C=O) groups excluding carboxylic acids is 1. The van der Waals surface area contributed by atoms with Gasteiger partial charge in [0, 0.05) is 45.7 Å². The van der Waals surface area contributed by atoms with Gasteiger partial charge in [-0.05, 0) is 57.9 Å². The van der Waals surface area contributed by atoms with Gasteiger partial charge in [-0.25, -0.2) is 4.79 Å². The minimum absolute atomic E-state index is 0.173. The lowest BCUT2D eigenvalue weighted by Gasteiger charge is -2.42. The zero-order valence-electron chi connectivity index (χ0n) is 15.9. The Hall–Kier alpha value is -1.66. The molecule has 1 aromatic rings. The molecule has 0 bridgehead atoms. The van der Waals surface area contributed by atoms with Crippen LogP contribution in [0.4, 0.5) is 4.79 Å². The fourth-order valence-electron chi connectivity index (χ4n) is 3.04. The summed E-state index contributed by atoms with van der Waals surface area (Å²) < 4.78 is 10.7. The van der Waals surface area contributed by atoms with E-state index in [9.17, 15) is 4.79 Å². The number of pyridine rings is 1. The number of rotatable bonds is 6. The Morgan fingerprint density at radius 2 is 1.96 bits per heavy atom. The summed E-state index contributed by atoms with van der Waals surface area (Å²) in [7, 11) is 1.74. The number of methoxy groups -OCH3 is 1. The third-order valence-corrected chi connectivity index (χ3v) is 4.28. The Labute approximate surface area is 151 Å². The topological polar surface area (TPSA) is 54.9 Å². The van der Waals surface area contributed by atoms with Crippen LogP contribution in [-0.4, -0.2) is 66.4 Å². The van der Waals surface area contributed by atoms with Crippen LogP contribution in [-0.2, 0) is 9.47 Å². The highest BCUT2D eigenvalue weighted by Crippen LogP contribution is 2.26.